The van der Waals surface area contributed by atoms with Crippen molar-refractivity contribution < 1.29 is 0 Å². The molecule has 1 aromatic carbocycles. The molecular formula is C20H26N8. The molecule has 2 aromatic heterocycles. The van der Waals surface area contributed by atoms with Crippen molar-refractivity contribution in [1.82, 2.24) is 25.5 Å². The van der Waals surface area contributed by atoms with E-state index in [1.807, 2.05) is 24.4 Å². The molecule has 2 unspecified atom stereocenters. The SMILES string of the molecule is CCN(C)c1cc(Nc2ccc3[nH]ncc3c2)nc(N2C3CCC2CNC3)n1. The molecule has 8 nitrogen and oxygen atoms in total. The third-order valence-electron chi connectivity index (χ3n) is 5.89. The van der Waals surface area contributed by atoms with Crippen molar-refractivity contribution in [2.75, 3.05) is 41.8 Å². The molecule has 146 valence electrons. The van der Waals surface area contributed by atoms with Gasteiger partial charge in [-0.3, -0.25) is 5.10 Å². The highest BCUT2D eigenvalue weighted by molar-refractivity contribution is 5.82. The number of hydrogen-bond donors (Lipinski definition) is 3. The summed E-state index contributed by atoms with van der Waals surface area (Å²) in [5.41, 5.74) is 2.02. The van der Waals surface area contributed by atoms with Gasteiger partial charge >= 0.3 is 0 Å². The fourth-order valence-corrected chi connectivity index (χ4v) is 4.23. The number of anilines is 4. The average Bonchev–Trinajstić information content (AvgIpc) is 3.28. The van der Waals surface area contributed by atoms with Gasteiger partial charge in [-0.2, -0.15) is 15.1 Å². The Kier molecular flexibility index (Phi) is 4.27. The summed E-state index contributed by atoms with van der Waals surface area (Å²) in [5, 5.41) is 15.2. The van der Waals surface area contributed by atoms with Gasteiger partial charge in [-0.15, -0.1) is 0 Å². The zero-order valence-electron chi connectivity index (χ0n) is 16.3. The van der Waals surface area contributed by atoms with E-state index >= 15 is 0 Å². The fourth-order valence-electron chi connectivity index (χ4n) is 4.23. The van der Waals surface area contributed by atoms with E-state index in [0.717, 1.165) is 53.8 Å². The van der Waals surface area contributed by atoms with Crippen molar-refractivity contribution in [1.29, 1.82) is 0 Å². The minimum atomic E-state index is 0.482. The molecule has 3 aromatic rings. The van der Waals surface area contributed by atoms with Crippen LogP contribution in [0, 0.1) is 0 Å². The third kappa shape index (κ3) is 3.03. The summed E-state index contributed by atoms with van der Waals surface area (Å²) < 4.78 is 0. The number of rotatable bonds is 5. The van der Waals surface area contributed by atoms with E-state index in [9.17, 15) is 0 Å². The fraction of sp³-hybridized carbons (Fsp3) is 0.450. The number of H-pyrrole nitrogens is 1. The lowest BCUT2D eigenvalue weighted by Gasteiger charge is -2.36. The van der Waals surface area contributed by atoms with Crippen LogP contribution in [0.2, 0.25) is 0 Å². The monoisotopic (exact) mass is 378 g/mol. The maximum Gasteiger partial charge on any atom is 0.229 e. The highest BCUT2D eigenvalue weighted by Gasteiger charge is 2.38. The molecule has 0 radical (unpaired) electrons. The predicted molar refractivity (Wildman–Crippen MR) is 113 cm³/mol. The van der Waals surface area contributed by atoms with Crippen LogP contribution in [0.4, 0.5) is 23.3 Å². The first kappa shape index (κ1) is 17.2. The lowest BCUT2D eigenvalue weighted by Crippen LogP contribution is -2.52. The molecule has 0 aliphatic carbocycles. The number of aromatic amines is 1. The van der Waals surface area contributed by atoms with Crippen LogP contribution in [0.25, 0.3) is 10.9 Å². The second kappa shape index (κ2) is 6.94. The van der Waals surface area contributed by atoms with Gasteiger partial charge in [0, 0.05) is 55.9 Å². The van der Waals surface area contributed by atoms with Crippen LogP contribution in [0.15, 0.2) is 30.5 Å². The van der Waals surface area contributed by atoms with Gasteiger partial charge in [0.25, 0.3) is 0 Å². The van der Waals surface area contributed by atoms with Gasteiger partial charge in [0.05, 0.1) is 11.7 Å². The summed E-state index contributed by atoms with van der Waals surface area (Å²) in [7, 11) is 2.07. The number of hydrogen-bond acceptors (Lipinski definition) is 7. The van der Waals surface area contributed by atoms with Crippen LogP contribution < -0.4 is 20.4 Å². The molecule has 28 heavy (non-hydrogen) atoms. The Bertz CT molecular complexity index is 967. The molecule has 2 saturated heterocycles. The molecular weight excluding hydrogens is 352 g/mol. The van der Waals surface area contributed by atoms with Crippen molar-refractivity contribution in [3.05, 3.63) is 30.5 Å². The topological polar surface area (TPSA) is 85.0 Å². The zero-order valence-corrected chi connectivity index (χ0v) is 16.3. The molecule has 2 aliphatic rings. The van der Waals surface area contributed by atoms with Crippen LogP contribution in [-0.4, -0.2) is 58.9 Å². The van der Waals surface area contributed by atoms with E-state index in [1.165, 1.54) is 12.8 Å². The minimum absolute atomic E-state index is 0.482. The quantitative estimate of drug-likeness (QED) is 0.629. The number of nitrogens with zero attached hydrogens (tertiary/aromatic N) is 5. The molecule has 8 heteroatoms. The Labute approximate surface area is 164 Å². The van der Waals surface area contributed by atoms with Gasteiger partial charge in [0.1, 0.15) is 11.6 Å². The Morgan fingerprint density at radius 2 is 2.00 bits per heavy atom. The van der Waals surface area contributed by atoms with Gasteiger partial charge in [0.2, 0.25) is 5.95 Å². The molecule has 5 rings (SSSR count). The largest absolute Gasteiger partial charge is 0.360 e. The summed E-state index contributed by atoms with van der Waals surface area (Å²) in [4.78, 5) is 14.4. The zero-order chi connectivity index (χ0) is 19.1. The summed E-state index contributed by atoms with van der Waals surface area (Å²) in [6, 6.07) is 9.14. The Balaban J connectivity index is 1.51. The summed E-state index contributed by atoms with van der Waals surface area (Å²) >= 11 is 0. The Morgan fingerprint density at radius 3 is 2.79 bits per heavy atom. The lowest BCUT2D eigenvalue weighted by molar-refractivity contribution is 0.477. The van der Waals surface area contributed by atoms with Gasteiger partial charge in [0.15, 0.2) is 0 Å². The Morgan fingerprint density at radius 1 is 1.18 bits per heavy atom. The first-order valence-corrected chi connectivity index (χ1v) is 10.0. The summed E-state index contributed by atoms with van der Waals surface area (Å²) in [6.45, 7) is 5.04. The highest BCUT2D eigenvalue weighted by atomic mass is 15.4. The molecule has 0 amide bonds. The van der Waals surface area contributed by atoms with Crippen molar-refractivity contribution in [2.45, 2.75) is 31.8 Å². The maximum atomic E-state index is 4.91. The van der Waals surface area contributed by atoms with E-state index in [4.69, 9.17) is 9.97 Å². The normalized spacial score (nSPS) is 21.3. The second-order valence-electron chi connectivity index (χ2n) is 7.67. The average molecular weight is 378 g/mol. The van der Waals surface area contributed by atoms with Crippen LogP contribution in [0.3, 0.4) is 0 Å². The van der Waals surface area contributed by atoms with Crippen LogP contribution >= 0.6 is 0 Å². The van der Waals surface area contributed by atoms with Crippen molar-refractivity contribution in [2.24, 2.45) is 0 Å². The molecule has 0 spiro atoms. The van der Waals surface area contributed by atoms with Gasteiger partial charge in [-0.05, 0) is 38.0 Å². The van der Waals surface area contributed by atoms with Crippen LogP contribution in [0.1, 0.15) is 19.8 Å². The van der Waals surface area contributed by atoms with Crippen LogP contribution in [0.5, 0.6) is 0 Å². The van der Waals surface area contributed by atoms with Gasteiger partial charge in [-0.1, -0.05) is 0 Å². The second-order valence-corrected chi connectivity index (χ2v) is 7.67. The maximum absolute atomic E-state index is 4.91. The van der Waals surface area contributed by atoms with E-state index < -0.39 is 0 Å². The van der Waals surface area contributed by atoms with Crippen molar-refractivity contribution >= 4 is 34.2 Å². The molecule has 2 atom stereocenters. The third-order valence-corrected chi connectivity index (χ3v) is 5.89. The molecule has 4 heterocycles. The molecule has 2 bridgehead atoms. The first-order chi connectivity index (χ1) is 13.7. The predicted octanol–water partition coefficient (Wildman–Crippen LogP) is 2.49. The standard InChI is InChI=1S/C20H26N8/c1-3-27(2)19-9-18(23-14-4-7-17-13(8-14)10-22-26-17)24-20(25-19)28-15-5-6-16(28)12-21-11-15/h4,7-10,15-16,21H,3,5-6,11-12H2,1-2H3,(H,22,26)(H,23,24,25). The number of fused-ring (bicyclic) bond motifs is 3. The minimum Gasteiger partial charge on any atom is -0.360 e. The number of benzene rings is 1. The number of nitrogens with one attached hydrogen (secondary N) is 3. The summed E-state index contributed by atoms with van der Waals surface area (Å²) in [5.74, 6) is 2.59. The molecule has 3 N–H and O–H groups in total. The molecule has 0 saturated carbocycles. The van der Waals surface area contributed by atoms with E-state index in [-0.39, 0.29) is 0 Å². The molecule has 2 fully saturated rings. The number of piperazine rings is 1. The van der Waals surface area contributed by atoms with E-state index in [2.05, 4.69) is 50.7 Å². The summed E-state index contributed by atoms with van der Waals surface area (Å²) in [6.07, 6.45) is 4.24. The van der Waals surface area contributed by atoms with Crippen molar-refractivity contribution in [3.8, 4) is 0 Å². The first-order valence-electron chi connectivity index (χ1n) is 10.0. The van der Waals surface area contributed by atoms with Gasteiger partial charge in [-0.25, -0.2) is 0 Å². The van der Waals surface area contributed by atoms with E-state index in [0.29, 0.717) is 12.1 Å². The van der Waals surface area contributed by atoms with Crippen LogP contribution in [-0.2, 0) is 0 Å². The van der Waals surface area contributed by atoms with E-state index in [1.54, 1.807) is 0 Å². The smallest absolute Gasteiger partial charge is 0.229 e. The molecule has 2 aliphatic heterocycles. The Hall–Kier alpha value is -2.87. The van der Waals surface area contributed by atoms with Gasteiger partial charge < -0.3 is 20.4 Å². The lowest BCUT2D eigenvalue weighted by atomic mass is 10.2. The van der Waals surface area contributed by atoms with Crippen molar-refractivity contribution in [3.63, 3.8) is 0 Å². The number of aromatic nitrogens is 4. The highest BCUT2D eigenvalue weighted by Crippen LogP contribution is 2.32.